The summed E-state index contributed by atoms with van der Waals surface area (Å²) in [4.78, 5) is 10.5. The van der Waals surface area contributed by atoms with Gasteiger partial charge in [-0.15, -0.1) is 0 Å². The van der Waals surface area contributed by atoms with Gasteiger partial charge in [0.15, 0.2) is 0 Å². The standard InChI is InChI=1S/C11H16N2O2/c12-7-9(13-10(14)15)8-6-11(8)4-2-1-3-5-11/h8-9,13H,1-6H2,(H,14,15). The molecule has 1 spiro atoms. The Morgan fingerprint density at radius 3 is 2.67 bits per heavy atom. The van der Waals surface area contributed by atoms with Gasteiger partial charge >= 0.3 is 6.09 Å². The van der Waals surface area contributed by atoms with E-state index in [0.717, 1.165) is 6.42 Å². The third kappa shape index (κ3) is 1.92. The SMILES string of the molecule is N#CC(NC(=O)O)C1CC12CCCCC2. The smallest absolute Gasteiger partial charge is 0.405 e. The summed E-state index contributed by atoms with van der Waals surface area (Å²) in [6.07, 6.45) is 6.07. The number of carboxylic acid groups (broad SMARTS) is 1. The first kappa shape index (κ1) is 10.3. The van der Waals surface area contributed by atoms with Crippen molar-refractivity contribution in [2.45, 2.75) is 44.6 Å². The van der Waals surface area contributed by atoms with Crippen molar-refractivity contribution in [2.24, 2.45) is 11.3 Å². The summed E-state index contributed by atoms with van der Waals surface area (Å²) in [6, 6.07) is 1.58. The van der Waals surface area contributed by atoms with Crippen LogP contribution in [0.3, 0.4) is 0 Å². The van der Waals surface area contributed by atoms with Crippen LogP contribution in [-0.2, 0) is 0 Å². The normalized spacial score (nSPS) is 29.1. The van der Waals surface area contributed by atoms with Gasteiger partial charge in [-0.2, -0.15) is 5.26 Å². The maximum Gasteiger partial charge on any atom is 0.405 e. The molecule has 2 aliphatic rings. The zero-order valence-corrected chi connectivity index (χ0v) is 8.70. The maximum atomic E-state index is 10.5. The molecular formula is C11H16N2O2. The molecule has 2 atom stereocenters. The second-order valence-corrected chi connectivity index (χ2v) is 4.79. The lowest BCUT2D eigenvalue weighted by atomic mass is 9.83. The topological polar surface area (TPSA) is 73.1 Å². The summed E-state index contributed by atoms with van der Waals surface area (Å²) in [5, 5.41) is 19.9. The average Bonchev–Trinajstić information content (AvgIpc) is 2.89. The molecule has 1 amide bonds. The van der Waals surface area contributed by atoms with E-state index < -0.39 is 12.1 Å². The molecular weight excluding hydrogens is 192 g/mol. The highest BCUT2D eigenvalue weighted by Gasteiger charge is 2.57. The fourth-order valence-electron chi connectivity index (χ4n) is 3.04. The molecule has 2 aliphatic carbocycles. The summed E-state index contributed by atoms with van der Waals surface area (Å²) in [7, 11) is 0. The van der Waals surface area contributed by atoms with E-state index in [9.17, 15) is 4.79 Å². The molecule has 0 radical (unpaired) electrons. The lowest BCUT2D eigenvalue weighted by molar-refractivity contribution is 0.189. The van der Waals surface area contributed by atoms with Gasteiger partial charge in [-0.1, -0.05) is 19.3 Å². The van der Waals surface area contributed by atoms with Crippen LogP contribution in [-0.4, -0.2) is 17.2 Å². The van der Waals surface area contributed by atoms with Crippen LogP contribution >= 0.6 is 0 Å². The molecule has 2 unspecified atom stereocenters. The Labute approximate surface area is 89.3 Å². The summed E-state index contributed by atoms with van der Waals surface area (Å²) < 4.78 is 0. The van der Waals surface area contributed by atoms with Crippen molar-refractivity contribution in [3.63, 3.8) is 0 Å². The number of hydrogen-bond acceptors (Lipinski definition) is 2. The van der Waals surface area contributed by atoms with Gasteiger partial charge in [0.25, 0.3) is 0 Å². The minimum Gasteiger partial charge on any atom is -0.465 e. The maximum absolute atomic E-state index is 10.5. The Kier molecular flexibility index (Phi) is 2.56. The average molecular weight is 208 g/mol. The number of hydrogen-bond donors (Lipinski definition) is 2. The van der Waals surface area contributed by atoms with Gasteiger partial charge in [0, 0.05) is 0 Å². The molecule has 2 saturated carbocycles. The molecule has 0 aromatic rings. The van der Waals surface area contributed by atoms with Crippen LogP contribution in [0.4, 0.5) is 4.79 Å². The lowest BCUT2D eigenvalue weighted by Crippen LogP contribution is -2.36. The molecule has 2 fully saturated rings. The third-order valence-electron chi connectivity index (χ3n) is 3.92. The van der Waals surface area contributed by atoms with Gasteiger partial charge in [0.2, 0.25) is 0 Å². The minimum absolute atomic E-state index is 0.263. The van der Waals surface area contributed by atoms with Crippen molar-refractivity contribution >= 4 is 6.09 Å². The monoisotopic (exact) mass is 208 g/mol. The number of carbonyl (C=O) groups is 1. The molecule has 0 aliphatic heterocycles. The number of nitriles is 1. The second-order valence-electron chi connectivity index (χ2n) is 4.79. The summed E-state index contributed by atoms with van der Waals surface area (Å²) >= 11 is 0. The van der Waals surface area contributed by atoms with E-state index in [1.807, 2.05) is 0 Å². The van der Waals surface area contributed by atoms with E-state index in [0.29, 0.717) is 5.41 Å². The van der Waals surface area contributed by atoms with Gasteiger partial charge in [-0.05, 0) is 30.6 Å². The number of rotatable bonds is 2. The van der Waals surface area contributed by atoms with Gasteiger partial charge in [-0.25, -0.2) is 4.79 Å². The molecule has 0 heterocycles. The highest BCUT2D eigenvalue weighted by molar-refractivity contribution is 5.65. The van der Waals surface area contributed by atoms with Crippen molar-refractivity contribution < 1.29 is 9.90 Å². The predicted molar refractivity (Wildman–Crippen MR) is 54.2 cm³/mol. The molecule has 2 N–H and O–H groups in total. The van der Waals surface area contributed by atoms with E-state index in [4.69, 9.17) is 10.4 Å². The van der Waals surface area contributed by atoms with Gasteiger partial charge in [-0.3, -0.25) is 0 Å². The largest absolute Gasteiger partial charge is 0.465 e. The van der Waals surface area contributed by atoms with Crippen molar-refractivity contribution in [3.8, 4) is 6.07 Å². The van der Waals surface area contributed by atoms with Crippen molar-refractivity contribution in [1.82, 2.24) is 5.32 Å². The fourth-order valence-corrected chi connectivity index (χ4v) is 3.04. The van der Waals surface area contributed by atoms with Crippen molar-refractivity contribution in [2.75, 3.05) is 0 Å². The predicted octanol–water partition coefficient (Wildman–Crippen LogP) is 2.12. The van der Waals surface area contributed by atoms with Crippen molar-refractivity contribution in [1.29, 1.82) is 5.26 Å². The first-order valence-electron chi connectivity index (χ1n) is 5.57. The second kappa shape index (κ2) is 3.73. The Morgan fingerprint density at radius 2 is 2.13 bits per heavy atom. The van der Waals surface area contributed by atoms with Crippen LogP contribution in [0.2, 0.25) is 0 Å². The van der Waals surface area contributed by atoms with E-state index >= 15 is 0 Å². The summed E-state index contributed by atoms with van der Waals surface area (Å²) in [5.74, 6) is 0.263. The van der Waals surface area contributed by atoms with Crippen molar-refractivity contribution in [3.05, 3.63) is 0 Å². The lowest BCUT2D eigenvalue weighted by Gasteiger charge is -2.23. The van der Waals surface area contributed by atoms with Gasteiger partial charge < -0.3 is 10.4 Å². The zero-order chi connectivity index (χ0) is 10.9. The van der Waals surface area contributed by atoms with E-state index in [2.05, 4.69) is 11.4 Å². The van der Waals surface area contributed by atoms with Crippen LogP contribution in [0, 0.1) is 22.7 Å². The zero-order valence-electron chi connectivity index (χ0n) is 8.70. The summed E-state index contributed by atoms with van der Waals surface area (Å²) in [5.41, 5.74) is 0.307. The molecule has 4 heteroatoms. The number of amides is 1. The van der Waals surface area contributed by atoms with E-state index in [1.165, 1.54) is 32.1 Å². The fraction of sp³-hybridized carbons (Fsp3) is 0.818. The Bertz CT molecular complexity index is 302. The number of nitrogens with zero attached hydrogens (tertiary/aromatic N) is 1. The highest BCUT2D eigenvalue weighted by atomic mass is 16.4. The van der Waals surface area contributed by atoms with Gasteiger partial charge in [0.1, 0.15) is 6.04 Å². The van der Waals surface area contributed by atoms with Crippen LogP contribution in [0.5, 0.6) is 0 Å². The third-order valence-corrected chi connectivity index (χ3v) is 3.92. The van der Waals surface area contributed by atoms with Crippen LogP contribution < -0.4 is 5.32 Å². The Hall–Kier alpha value is -1.24. The Balaban J connectivity index is 1.95. The van der Waals surface area contributed by atoms with E-state index in [1.54, 1.807) is 0 Å². The molecule has 15 heavy (non-hydrogen) atoms. The molecule has 82 valence electrons. The molecule has 2 rings (SSSR count). The van der Waals surface area contributed by atoms with Gasteiger partial charge in [0.05, 0.1) is 6.07 Å². The molecule has 0 bridgehead atoms. The highest BCUT2D eigenvalue weighted by Crippen LogP contribution is 2.62. The molecule has 4 nitrogen and oxygen atoms in total. The number of nitrogens with one attached hydrogen (secondary N) is 1. The first-order chi connectivity index (χ1) is 7.18. The van der Waals surface area contributed by atoms with E-state index in [-0.39, 0.29) is 5.92 Å². The summed E-state index contributed by atoms with van der Waals surface area (Å²) in [6.45, 7) is 0. The Morgan fingerprint density at radius 1 is 1.47 bits per heavy atom. The minimum atomic E-state index is -1.08. The molecule has 0 aromatic carbocycles. The van der Waals surface area contributed by atoms with Crippen LogP contribution in [0.1, 0.15) is 38.5 Å². The van der Waals surface area contributed by atoms with Crippen LogP contribution in [0.25, 0.3) is 0 Å². The van der Waals surface area contributed by atoms with Crippen LogP contribution in [0.15, 0.2) is 0 Å². The first-order valence-corrected chi connectivity index (χ1v) is 5.57. The molecule has 0 aromatic heterocycles. The molecule has 0 saturated heterocycles. The quantitative estimate of drug-likeness (QED) is 0.730.